The molecular weight excluding hydrogens is 310 g/mol. The van der Waals surface area contributed by atoms with Gasteiger partial charge in [0.05, 0.1) is 20.4 Å². The van der Waals surface area contributed by atoms with E-state index < -0.39 is 0 Å². The number of hydrogen-bond donors (Lipinski definition) is 2. The maximum atomic E-state index is 5.25. The fourth-order valence-corrected chi connectivity index (χ4v) is 2.06. The number of thiocarbonyl (C=S) groups is 1. The monoisotopic (exact) mass is 329 g/mol. The van der Waals surface area contributed by atoms with E-state index in [1.54, 1.807) is 32.6 Å². The van der Waals surface area contributed by atoms with Crippen LogP contribution in [0.2, 0.25) is 0 Å². The molecule has 0 unspecified atom stereocenters. The molecule has 2 rings (SSSR count). The number of methoxy groups -OCH3 is 2. The van der Waals surface area contributed by atoms with E-state index in [9.17, 15) is 0 Å². The molecule has 0 saturated carbocycles. The Labute approximate surface area is 141 Å². The van der Waals surface area contributed by atoms with E-state index in [4.69, 9.17) is 21.7 Å². The zero-order chi connectivity index (χ0) is 16.7. The van der Waals surface area contributed by atoms with Crippen LogP contribution in [0.3, 0.4) is 0 Å². The molecule has 120 valence electrons. The summed E-state index contributed by atoms with van der Waals surface area (Å²) in [4.78, 5) is 0. The Hall–Kier alpha value is -2.60. The molecule has 2 aromatic rings. The van der Waals surface area contributed by atoms with Gasteiger partial charge in [-0.2, -0.15) is 5.10 Å². The zero-order valence-corrected chi connectivity index (χ0v) is 14.1. The number of rotatable bonds is 5. The number of benzene rings is 2. The first-order valence-corrected chi connectivity index (χ1v) is 7.42. The van der Waals surface area contributed by atoms with Crippen LogP contribution in [-0.4, -0.2) is 25.5 Å². The molecule has 0 bridgehead atoms. The molecule has 6 heteroatoms. The molecular formula is C17H19N3O2S. The van der Waals surface area contributed by atoms with E-state index >= 15 is 0 Å². The number of nitrogens with zero attached hydrogens (tertiary/aromatic N) is 1. The van der Waals surface area contributed by atoms with E-state index in [0.717, 1.165) is 11.3 Å². The summed E-state index contributed by atoms with van der Waals surface area (Å²) in [5, 5.41) is 7.53. The van der Waals surface area contributed by atoms with Gasteiger partial charge in [-0.1, -0.05) is 29.8 Å². The molecule has 0 radical (unpaired) electrons. The molecule has 0 amide bonds. The lowest BCUT2D eigenvalue weighted by molar-refractivity contribution is 0.355. The Morgan fingerprint density at radius 2 is 1.74 bits per heavy atom. The van der Waals surface area contributed by atoms with Crippen LogP contribution in [0.15, 0.2) is 47.6 Å². The van der Waals surface area contributed by atoms with Gasteiger partial charge in [0.25, 0.3) is 0 Å². The molecule has 2 N–H and O–H groups in total. The van der Waals surface area contributed by atoms with Crippen LogP contribution in [-0.2, 0) is 0 Å². The molecule has 0 aliphatic carbocycles. The number of aryl methyl sites for hydroxylation is 1. The third-order valence-electron chi connectivity index (χ3n) is 3.10. The van der Waals surface area contributed by atoms with Crippen molar-refractivity contribution in [2.45, 2.75) is 6.92 Å². The summed E-state index contributed by atoms with van der Waals surface area (Å²) in [6.45, 7) is 2.04. The number of ether oxygens (including phenoxy) is 2. The summed E-state index contributed by atoms with van der Waals surface area (Å²) in [6.07, 6.45) is 1.71. The Kier molecular flexibility index (Phi) is 5.94. The second-order valence-electron chi connectivity index (χ2n) is 4.80. The van der Waals surface area contributed by atoms with Crippen LogP contribution in [0, 0.1) is 6.92 Å². The molecule has 23 heavy (non-hydrogen) atoms. The normalized spacial score (nSPS) is 10.4. The first-order valence-electron chi connectivity index (χ1n) is 7.01. The Morgan fingerprint density at radius 1 is 1.04 bits per heavy atom. The highest BCUT2D eigenvalue weighted by Crippen LogP contribution is 2.29. The van der Waals surface area contributed by atoms with Crippen molar-refractivity contribution in [1.82, 2.24) is 5.43 Å². The molecule has 0 aliphatic heterocycles. The molecule has 0 fully saturated rings. The van der Waals surface area contributed by atoms with Crippen LogP contribution in [0.1, 0.15) is 11.1 Å². The Balaban J connectivity index is 1.93. The molecule has 0 aromatic heterocycles. The van der Waals surface area contributed by atoms with E-state index in [2.05, 4.69) is 15.8 Å². The van der Waals surface area contributed by atoms with Gasteiger partial charge < -0.3 is 14.8 Å². The maximum Gasteiger partial charge on any atom is 0.191 e. The smallest absolute Gasteiger partial charge is 0.191 e. The molecule has 5 nitrogen and oxygen atoms in total. The minimum atomic E-state index is 0.389. The molecule has 2 aromatic carbocycles. The van der Waals surface area contributed by atoms with Crippen molar-refractivity contribution in [1.29, 1.82) is 0 Å². The summed E-state index contributed by atoms with van der Waals surface area (Å²) < 4.78 is 10.4. The highest BCUT2D eigenvalue weighted by atomic mass is 32.1. The van der Waals surface area contributed by atoms with Gasteiger partial charge >= 0.3 is 0 Å². The van der Waals surface area contributed by atoms with Crippen molar-refractivity contribution in [2.75, 3.05) is 19.5 Å². The standard InChI is InChI=1S/C17H19N3O2S/c1-12-4-6-13(7-5-12)11-18-20-17(23)19-14-8-9-15(21-2)16(10-14)22-3/h4-11H,1-3H3,(H2,19,20,23)/b18-11+. The van der Waals surface area contributed by atoms with E-state index in [1.807, 2.05) is 37.3 Å². The van der Waals surface area contributed by atoms with E-state index in [-0.39, 0.29) is 0 Å². The summed E-state index contributed by atoms with van der Waals surface area (Å²) in [5.41, 5.74) is 5.77. The van der Waals surface area contributed by atoms with E-state index in [0.29, 0.717) is 16.6 Å². The van der Waals surface area contributed by atoms with Crippen molar-refractivity contribution in [3.63, 3.8) is 0 Å². The second kappa shape index (κ2) is 8.14. The summed E-state index contributed by atoms with van der Waals surface area (Å²) in [7, 11) is 3.18. The molecule has 0 atom stereocenters. The third kappa shape index (κ3) is 4.96. The van der Waals surface area contributed by atoms with Gasteiger partial charge in [0, 0.05) is 11.8 Å². The van der Waals surface area contributed by atoms with Gasteiger partial charge in [0.1, 0.15) is 0 Å². The largest absolute Gasteiger partial charge is 0.493 e. The lowest BCUT2D eigenvalue weighted by atomic mass is 10.2. The summed E-state index contributed by atoms with van der Waals surface area (Å²) >= 11 is 5.20. The quantitative estimate of drug-likeness (QED) is 0.501. The van der Waals surface area contributed by atoms with Crippen LogP contribution in [0.5, 0.6) is 11.5 Å². The fraction of sp³-hybridized carbons (Fsp3) is 0.176. The van der Waals surface area contributed by atoms with Gasteiger partial charge in [-0.15, -0.1) is 0 Å². The minimum Gasteiger partial charge on any atom is -0.493 e. The van der Waals surface area contributed by atoms with Gasteiger partial charge in [-0.3, -0.25) is 5.43 Å². The predicted octanol–water partition coefficient (Wildman–Crippen LogP) is 3.33. The minimum absolute atomic E-state index is 0.389. The highest BCUT2D eigenvalue weighted by molar-refractivity contribution is 7.80. The van der Waals surface area contributed by atoms with E-state index in [1.165, 1.54) is 5.56 Å². The average Bonchev–Trinajstić information content (AvgIpc) is 2.56. The number of nitrogens with one attached hydrogen (secondary N) is 2. The topological polar surface area (TPSA) is 54.9 Å². The Bertz CT molecular complexity index is 699. The van der Waals surface area contributed by atoms with Crippen LogP contribution < -0.4 is 20.2 Å². The lowest BCUT2D eigenvalue weighted by Crippen LogP contribution is -2.23. The van der Waals surface area contributed by atoms with Crippen LogP contribution in [0.25, 0.3) is 0 Å². The zero-order valence-electron chi connectivity index (χ0n) is 13.3. The average molecular weight is 329 g/mol. The predicted molar refractivity (Wildman–Crippen MR) is 97.7 cm³/mol. The fourth-order valence-electron chi connectivity index (χ4n) is 1.89. The van der Waals surface area contributed by atoms with Crippen molar-refractivity contribution < 1.29 is 9.47 Å². The first kappa shape index (κ1) is 16.8. The third-order valence-corrected chi connectivity index (χ3v) is 3.29. The van der Waals surface area contributed by atoms with Crippen molar-refractivity contribution in [2.24, 2.45) is 5.10 Å². The van der Waals surface area contributed by atoms with Gasteiger partial charge in [0.2, 0.25) is 0 Å². The van der Waals surface area contributed by atoms with Gasteiger partial charge in [-0.25, -0.2) is 0 Å². The van der Waals surface area contributed by atoms with Crippen LogP contribution in [0.4, 0.5) is 5.69 Å². The highest BCUT2D eigenvalue weighted by Gasteiger charge is 2.05. The summed E-state index contributed by atoms with van der Waals surface area (Å²) in [5.74, 6) is 1.29. The van der Waals surface area contributed by atoms with Crippen molar-refractivity contribution in [3.05, 3.63) is 53.6 Å². The number of hydrogen-bond acceptors (Lipinski definition) is 4. The lowest BCUT2D eigenvalue weighted by Gasteiger charge is -2.11. The number of anilines is 1. The number of hydrazone groups is 1. The van der Waals surface area contributed by atoms with Gasteiger partial charge in [0.15, 0.2) is 16.6 Å². The van der Waals surface area contributed by atoms with Crippen molar-refractivity contribution >= 4 is 29.2 Å². The molecule has 0 spiro atoms. The van der Waals surface area contributed by atoms with Crippen molar-refractivity contribution in [3.8, 4) is 11.5 Å². The molecule has 0 heterocycles. The summed E-state index contributed by atoms with van der Waals surface area (Å²) in [6, 6.07) is 13.5. The SMILES string of the molecule is COc1ccc(NC(=S)N/N=C/c2ccc(C)cc2)cc1OC. The Morgan fingerprint density at radius 3 is 2.39 bits per heavy atom. The molecule has 0 saturated heterocycles. The molecule has 0 aliphatic rings. The maximum absolute atomic E-state index is 5.25. The first-order chi connectivity index (χ1) is 11.1. The van der Waals surface area contributed by atoms with Crippen LogP contribution >= 0.6 is 12.2 Å². The van der Waals surface area contributed by atoms with Gasteiger partial charge in [-0.05, 0) is 36.8 Å². The second-order valence-corrected chi connectivity index (χ2v) is 5.21.